The van der Waals surface area contributed by atoms with Crippen LogP contribution in [0.4, 0.5) is 5.00 Å². The summed E-state index contributed by atoms with van der Waals surface area (Å²) in [6, 6.07) is 12.2. The van der Waals surface area contributed by atoms with Gasteiger partial charge in [-0.25, -0.2) is 0 Å². The maximum atomic E-state index is 13.0. The number of anilines is 1. The summed E-state index contributed by atoms with van der Waals surface area (Å²) in [6.07, 6.45) is 2.93. The van der Waals surface area contributed by atoms with E-state index in [9.17, 15) is 4.79 Å². The highest BCUT2D eigenvalue weighted by Gasteiger charge is 2.34. The topological polar surface area (TPSA) is 50.4 Å². The molecule has 138 valence electrons. The van der Waals surface area contributed by atoms with Crippen molar-refractivity contribution in [3.8, 4) is 5.75 Å². The van der Waals surface area contributed by atoms with Crippen LogP contribution < -0.4 is 15.4 Å². The number of ether oxygens (including phenoxy) is 1. The van der Waals surface area contributed by atoms with Gasteiger partial charge in [0.05, 0.1) is 12.7 Å². The number of hydrogen-bond donors (Lipinski definition) is 2. The van der Waals surface area contributed by atoms with Crippen molar-refractivity contribution in [2.75, 3.05) is 12.4 Å². The summed E-state index contributed by atoms with van der Waals surface area (Å²) in [7, 11) is 1.68. The Morgan fingerprint density at radius 1 is 1.15 bits per heavy atom. The molecule has 1 aromatic heterocycles. The number of fused-ring (bicyclic) bond motifs is 4. The molecule has 0 unspecified atom stereocenters. The van der Waals surface area contributed by atoms with Crippen molar-refractivity contribution in [2.45, 2.75) is 32.4 Å². The molecule has 5 heteroatoms. The summed E-state index contributed by atoms with van der Waals surface area (Å²) in [5.41, 5.74) is 3.09. The summed E-state index contributed by atoms with van der Waals surface area (Å²) in [4.78, 5) is 14.4. The van der Waals surface area contributed by atoms with E-state index in [1.165, 1.54) is 10.4 Å². The van der Waals surface area contributed by atoms with Gasteiger partial charge in [0.1, 0.15) is 16.9 Å². The standard InChI is InChI=1S/C22H22N2O2S/c1-12-7-9-15-17(11-12)27-22-19(15)21(25)23-20(24-22)18-14-6-4-3-5-13(14)8-10-16(18)26-2/h3-6,8,10,12,20,24H,7,9,11H2,1-2H3,(H,23,25)/t12-,20+/m0/s1. The number of benzene rings is 2. The molecule has 27 heavy (non-hydrogen) atoms. The van der Waals surface area contributed by atoms with Gasteiger partial charge in [0, 0.05) is 10.4 Å². The quantitative estimate of drug-likeness (QED) is 0.668. The molecule has 0 radical (unpaired) electrons. The Kier molecular flexibility index (Phi) is 3.86. The second-order valence-electron chi connectivity index (χ2n) is 7.51. The third-order valence-electron chi connectivity index (χ3n) is 5.73. The zero-order valence-corrected chi connectivity index (χ0v) is 16.3. The van der Waals surface area contributed by atoms with Crippen LogP contribution in [0, 0.1) is 5.92 Å². The molecule has 2 aliphatic rings. The van der Waals surface area contributed by atoms with Gasteiger partial charge in [-0.1, -0.05) is 37.3 Å². The molecule has 0 saturated heterocycles. The largest absolute Gasteiger partial charge is 0.496 e. The normalized spacial score (nSPS) is 21.2. The number of carbonyl (C=O) groups is 1. The lowest BCUT2D eigenvalue weighted by molar-refractivity contribution is 0.0935. The van der Waals surface area contributed by atoms with Crippen LogP contribution in [0.3, 0.4) is 0 Å². The van der Waals surface area contributed by atoms with E-state index >= 15 is 0 Å². The fraction of sp³-hybridized carbons (Fsp3) is 0.318. The van der Waals surface area contributed by atoms with Crippen molar-refractivity contribution in [1.29, 1.82) is 0 Å². The van der Waals surface area contributed by atoms with Gasteiger partial charge in [-0.05, 0) is 47.6 Å². The van der Waals surface area contributed by atoms with E-state index < -0.39 is 0 Å². The Morgan fingerprint density at radius 3 is 2.85 bits per heavy atom. The highest BCUT2D eigenvalue weighted by atomic mass is 32.1. The van der Waals surface area contributed by atoms with Gasteiger partial charge < -0.3 is 15.4 Å². The Hall–Kier alpha value is -2.53. The predicted octanol–water partition coefficient (Wildman–Crippen LogP) is 4.89. The maximum absolute atomic E-state index is 13.0. The molecule has 0 fully saturated rings. The number of thiophene rings is 1. The summed E-state index contributed by atoms with van der Waals surface area (Å²) in [5.74, 6) is 1.50. The van der Waals surface area contributed by atoms with E-state index in [-0.39, 0.29) is 12.1 Å². The molecule has 0 spiro atoms. The van der Waals surface area contributed by atoms with Gasteiger partial charge in [-0.3, -0.25) is 4.79 Å². The van der Waals surface area contributed by atoms with Gasteiger partial charge in [0.2, 0.25) is 0 Å². The van der Waals surface area contributed by atoms with E-state index in [0.717, 1.165) is 51.9 Å². The van der Waals surface area contributed by atoms with Gasteiger partial charge in [-0.2, -0.15) is 0 Å². The molecule has 3 aromatic rings. The fourth-order valence-corrected chi connectivity index (χ4v) is 5.80. The van der Waals surface area contributed by atoms with E-state index in [4.69, 9.17) is 4.74 Å². The maximum Gasteiger partial charge on any atom is 0.256 e. The predicted molar refractivity (Wildman–Crippen MR) is 110 cm³/mol. The molecule has 2 heterocycles. The molecule has 1 aliphatic carbocycles. The SMILES string of the molecule is COc1ccc2ccccc2c1[C@@H]1NC(=O)c2c(sc3c2CC[C@H](C)C3)N1. The highest BCUT2D eigenvalue weighted by molar-refractivity contribution is 7.16. The monoisotopic (exact) mass is 378 g/mol. The van der Waals surface area contributed by atoms with Gasteiger partial charge in [-0.15, -0.1) is 11.3 Å². The van der Waals surface area contributed by atoms with E-state index in [1.807, 2.05) is 18.2 Å². The first-order valence-electron chi connectivity index (χ1n) is 9.43. The Morgan fingerprint density at radius 2 is 2.00 bits per heavy atom. The second kappa shape index (κ2) is 6.27. The Balaban J connectivity index is 1.62. The van der Waals surface area contributed by atoms with E-state index in [0.29, 0.717) is 5.92 Å². The smallest absolute Gasteiger partial charge is 0.256 e. The van der Waals surface area contributed by atoms with Crippen molar-refractivity contribution in [3.05, 3.63) is 58.0 Å². The summed E-state index contributed by atoms with van der Waals surface area (Å²) < 4.78 is 5.64. The van der Waals surface area contributed by atoms with Gasteiger partial charge in [0.25, 0.3) is 5.91 Å². The number of amides is 1. The molecule has 4 nitrogen and oxygen atoms in total. The van der Waals surface area contributed by atoms with Crippen molar-refractivity contribution >= 4 is 33.0 Å². The summed E-state index contributed by atoms with van der Waals surface area (Å²) in [6.45, 7) is 2.29. The second-order valence-corrected chi connectivity index (χ2v) is 8.61. The van der Waals surface area contributed by atoms with E-state index in [2.05, 4.69) is 35.8 Å². The molecular weight excluding hydrogens is 356 g/mol. The van der Waals surface area contributed by atoms with Crippen LogP contribution >= 0.6 is 11.3 Å². The zero-order valence-electron chi connectivity index (χ0n) is 15.5. The van der Waals surface area contributed by atoms with Crippen molar-refractivity contribution in [3.63, 3.8) is 0 Å². The van der Waals surface area contributed by atoms with Gasteiger partial charge >= 0.3 is 0 Å². The van der Waals surface area contributed by atoms with Gasteiger partial charge in [0.15, 0.2) is 0 Å². The minimum atomic E-state index is -0.302. The van der Waals surface area contributed by atoms with E-state index in [1.54, 1.807) is 18.4 Å². The summed E-state index contributed by atoms with van der Waals surface area (Å²) >= 11 is 1.75. The lowest BCUT2D eigenvalue weighted by Gasteiger charge is -2.29. The average molecular weight is 378 g/mol. The lowest BCUT2D eigenvalue weighted by Crippen LogP contribution is -2.38. The van der Waals surface area contributed by atoms with Crippen LogP contribution in [0.1, 0.15) is 45.9 Å². The minimum Gasteiger partial charge on any atom is -0.496 e. The number of nitrogens with one attached hydrogen (secondary N) is 2. The molecule has 2 atom stereocenters. The lowest BCUT2D eigenvalue weighted by atomic mass is 9.88. The number of hydrogen-bond acceptors (Lipinski definition) is 4. The van der Waals surface area contributed by atoms with Crippen molar-refractivity contribution < 1.29 is 9.53 Å². The first-order chi connectivity index (χ1) is 13.2. The van der Waals surface area contributed by atoms with Crippen molar-refractivity contribution in [2.24, 2.45) is 5.92 Å². The Labute approximate surface area is 162 Å². The van der Waals surface area contributed by atoms with Crippen LogP contribution in [0.25, 0.3) is 10.8 Å². The number of methoxy groups -OCH3 is 1. The third-order valence-corrected chi connectivity index (χ3v) is 6.91. The zero-order chi connectivity index (χ0) is 18.5. The first kappa shape index (κ1) is 16.6. The number of rotatable bonds is 2. The average Bonchev–Trinajstić information content (AvgIpc) is 3.04. The Bertz CT molecular complexity index is 1060. The molecular formula is C22H22N2O2S. The van der Waals surface area contributed by atoms with Crippen LogP contribution in [0.5, 0.6) is 5.75 Å². The molecule has 1 amide bonds. The molecule has 2 aromatic carbocycles. The van der Waals surface area contributed by atoms with Crippen LogP contribution in [0.2, 0.25) is 0 Å². The fourth-order valence-electron chi connectivity index (χ4n) is 4.36. The first-order valence-corrected chi connectivity index (χ1v) is 10.2. The van der Waals surface area contributed by atoms with Crippen molar-refractivity contribution in [1.82, 2.24) is 5.32 Å². The summed E-state index contributed by atoms with van der Waals surface area (Å²) in [5, 5.41) is 9.99. The third kappa shape index (κ3) is 2.60. The molecule has 0 saturated carbocycles. The van der Waals surface area contributed by atoms with Crippen LogP contribution in [-0.4, -0.2) is 13.0 Å². The highest BCUT2D eigenvalue weighted by Crippen LogP contribution is 2.44. The van der Waals surface area contributed by atoms with Crippen LogP contribution in [0.15, 0.2) is 36.4 Å². The molecule has 1 aliphatic heterocycles. The minimum absolute atomic E-state index is 0.0239. The van der Waals surface area contributed by atoms with Crippen LogP contribution in [-0.2, 0) is 12.8 Å². The number of carbonyl (C=O) groups excluding carboxylic acids is 1. The molecule has 2 N–H and O–H groups in total. The molecule has 5 rings (SSSR count). The molecule has 0 bridgehead atoms.